The molecule has 0 heterocycles. The fraction of sp³-hybridized carbons (Fsp3) is 0.500. The molecule has 0 aliphatic heterocycles. The van der Waals surface area contributed by atoms with Gasteiger partial charge in [-0.15, -0.1) is 6.58 Å². The molecular weight excluding hydrogens is 222 g/mol. The monoisotopic (exact) mass is 235 g/mol. The average molecular weight is 235 g/mol. The number of carboxylic acid groups (broad SMARTS) is 1. The van der Waals surface area contributed by atoms with Crippen molar-refractivity contribution in [3.63, 3.8) is 0 Å². The Morgan fingerprint density at radius 1 is 1.47 bits per heavy atom. The summed E-state index contributed by atoms with van der Waals surface area (Å²) in [5.41, 5.74) is 0. The Kier molecular flexibility index (Phi) is 4.99. The zero-order chi connectivity index (χ0) is 12.1. The molecule has 6 nitrogen and oxygen atoms in total. The second-order valence-electron chi connectivity index (χ2n) is 3.03. The zero-order valence-corrected chi connectivity index (χ0v) is 9.16. The Labute approximate surface area is 88.1 Å². The second kappa shape index (κ2) is 5.50. The summed E-state index contributed by atoms with van der Waals surface area (Å²) in [5.74, 6) is -2.62. The van der Waals surface area contributed by atoms with E-state index in [0.29, 0.717) is 0 Å². The molecular formula is C8H13NO5S. The quantitative estimate of drug-likeness (QED) is 0.604. The van der Waals surface area contributed by atoms with Gasteiger partial charge in [0.05, 0.1) is 0 Å². The standard InChI is InChI=1S/C8H13NO5S/c1-3-4-9(5-8(11)12)7(10)6-15(2,13)14/h3H,1,4-6H2,2H3,(H,11,12). The minimum atomic E-state index is -3.44. The molecule has 0 spiro atoms. The maximum absolute atomic E-state index is 11.3. The molecule has 0 aromatic carbocycles. The maximum atomic E-state index is 11.3. The number of nitrogens with zero attached hydrogens (tertiary/aromatic N) is 1. The number of hydrogen-bond acceptors (Lipinski definition) is 4. The smallest absolute Gasteiger partial charge is 0.323 e. The predicted octanol–water partition coefficient (Wildman–Crippen LogP) is -0.870. The Hall–Kier alpha value is -1.37. The van der Waals surface area contributed by atoms with Gasteiger partial charge in [0.1, 0.15) is 12.3 Å². The molecule has 0 saturated carbocycles. The maximum Gasteiger partial charge on any atom is 0.323 e. The van der Waals surface area contributed by atoms with E-state index in [1.54, 1.807) is 0 Å². The number of rotatable bonds is 6. The lowest BCUT2D eigenvalue weighted by molar-refractivity contribution is -0.143. The van der Waals surface area contributed by atoms with Gasteiger partial charge in [-0.05, 0) is 0 Å². The Bertz CT molecular complexity index is 359. The van der Waals surface area contributed by atoms with Crippen molar-refractivity contribution in [3.8, 4) is 0 Å². The van der Waals surface area contributed by atoms with E-state index in [1.807, 2.05) is 0 Å². The van der Waals surface area contributed by atoms with Crippen LogP contribution in [-0.4, -0.2) is 55.4 Å². The normalized spacial score (nSPS) is 10.7. The van der Waals surface area contributed by atoms with Crippen LogP contribution in [0.1, 0.15) is 0 Å². The fourth-order valence-electron chi connectivity index (χ4n) is 0.889. The molecule has 0 radical (unpaired) electrons. The Morgan fingerprint density at radius 2 is 2.00 bits per heavy atom. The second-order valence-corrected chi connectivity index (χ2v) is 5.17. The molecule has 15 heavy (non-hydrogen) atoms. The van der Waals surface area contributed by atoms with Gasteiger partial charge in [-0.3, -0.25) is 9.59 Å². The third kappa shape index (κ3) is 6.67. The van der Waals surface area contributed by atoms with E-state index in [1.165, 1.54) is 6.08 Å². The van der Waals surface area contributed by atoms with E-state index in [4.69, 9.17) is 5.11 Å². The van der Waals surface area contributed by atoms with E-state index < -0.39 is 34.0 Å². The van der Waals surface area contributed by atoms with Gasteiger partial charge in [0.25, 0.3) is 0 Å². The number of hydrogen-bond donors (Lipinski definition) is 1. The molecule has 0 aromatic rings. The van der Waals surface area contributed by atoms with E-state index in [9.17, 15) is 18.0 Å². The van der Waals surface area contributed by atoms with Crippen LogP contribution in [0, 0.1) is 0 Å². The van der Waals surface area contributed by atoms with Crippen molar-refractivity contribution in [2.24, 2.45) is 0 Å². The number of carbonyl (C=O) groups is 2. The van der Waals surface area contributed by atoms with Crippen molar-refractivity contribution in [2.45, 2.75) is 0 Å². The summed E-state index contributed by atoms with van der Waals surface area (Å²) in [4.78, 5) is 22.6. The third-order valence-electron chi connectivity index (χ3n) is 1.41. The molecule has 0 fully saturated rings. The average Bonchev–Trinajstić information content (AvgIpc) is 1.99. The van der Waals surface area contributed by atoms with Crippen molar-refractivity contribution in [1.29, 1.82) is 0 Å². The number of amides is 1. The highest BCUT2D eigenvalue weighted by Gasteiger charge is 2.19. The van der Waals surface area contributed by atoms with Crippen LogP contribution in [0.3, 0.4) is 0 Å². The number of carbonyl (C=O) groups excluding carboxylic acids is 1. The minimum Gasteiger partial charge on any atom is -0.480 e. The van der Waals surface area contributed by atoms with E-state index in [0.717, 1.165) is 11.2 Å². The van der Waals surface area contributed by atoms with Crippen molar-refractivity contribution >= 4 is 21.7 Å². The SMILES string of the molecule is C=CCN(CC(=O)O)C(=O)CS(C)(=O)=O. The molecule has 0 bridgehead atoms. The molecule has 86 valence electrons. The highest BCUT2D eigenvalue weighted by atomic mass is 32.2. The van der Waals surface area contributed by atoms with Gasteiger partial charge >= 0.3 is 5.97 Å². The summed E-state index contributed by atoms with van der Waals surface area (Å²) < 4.78 is 21.6. The summed E-state index contributed by atoms with van der Waals surface area (Å²) in [5, 5.41) is 8.48. The molecule has 0 atom stereocenters. The summed E-state index contributed by atoms with van der Waals surface area (Å²) in [6.45, 7) is 2.84. The summed E-state index contributed by atoms with van der Waals surface area (Å²) in [6, 6.07) is 0. The van der Waals surface area contributed by atoms with Gasteiger partial charge in [0.15, 0.2) is 9.84 Å². The van der Waals surface area contributed by atoms with Crippen LogP contribution in [0.25, 0.3) is 0 Å². The lowest BCUT2D eigenvalue weighted by Gasteiger charge is -2.17. The van der Waals surface area contributed by atoms with E-state index in [-0.39, 0.29) is 6.54 Å². The largest absolute Gasteiger partial charge is 0.480 e. The highest BCUT2D eigenvalue weighted by molar-refractivity contribution is 7.91. The van der Waals surface area contributed by atoms with Crippen LogP contribution in [0.2, 0.25) is 0 Å². The zero-order valence-electron chi connectivity index (χ0n) is 8.34. The van der Waals surface area contributed by atoms with Crippen LogP contribution in [0.4, 0.5) is 0 Å². The Morgan fingerprint density at radius 3 is 2.33 bits per heavy atom. The van der Waals surface area contributed by atoms with Crippen LogP contribution in [0.5, 0.6) is 0 Å². The molecule has 0 saturated heterocycles. The highest BCUT2D eigenvalue weighted by Crippen LogP contribution is 1.94. The number of aliphatic carboxylic acids is 1. The van der Waals surface area contributed by atoms with Crippen LogP contribution >= 0.6 is 0 Å². The van der Waals surface area contributed by atoms with Gasteiger partial charge in [0.2, 0.25) is 5.91 Å². The lowest BCUT2D eigenvalue weighted by atomic mass is 10.4. The minimum absolute atomic E-state index is 0.0145. The number of sulfone groups is 1. The van der Waals surface area contributed by atoms with Gasteiger partial charge in [0, 0.05) is 12.8 Å². The summed E-state index contributed by atoms with van der Waals surface area (Å²) in [6.07, 6.45) is 2.25. The first-order valence-electron chi connectivity index (χ1n) is 4.04. The molecule has 7 heteroatoms. The lowest BCUT2D eigenvalue weighted by Crippen LogP contribution is -2.39. The van der Waals surface area contributed by atoms with Gasteiger partial charge in [-0.2, -0.15) is 0 Å². The topological polar surface area (TPSA) is 91.8 Å². The van der Waals surface area contributed by atoms with Crippen LogP contribution < -0.4 is 0 Å². The molecule has 0 aromatic heterocycles. The van der Waals surface area contributed by atoms with Crippen LogP contribution in [-0.2, 0) is 19.4 Å². The Balaban J connectivity index is 4.55. The van der Waals surface area contributed by atoms with E-state index >= 15 is 0 Å². The van der Waals surface area contributed by atoms with Crippen molar-refractivity contribution in [2.75, 3.05) is 25.1 Å². The summed E-state index contributed by atoms with van der Waals surface area (Å²) in [7, 11) is -3.44. The predicted molar refractivity (Wildman–Crippen MR) is 54.1 cm³/mol. The van der Waals surface area contributed by atoms with Crippen molar-refractivity contribution < 1.29 is 23.1 Å². The van der Waals surface area contributed by atoms with Gasteiger partial charge < -0.3 is 10.0 Å². The van der Waals surface area contributed by atoms with Crippen molar-refractivity contribution in [1.82, 2.24) is 4.90 Å². The van der Waals surface area contributed by atoms with Gasteiger partial charge in [-0.1, -0.05) is 6.08 Å². The molecule has 1 N–H and O–H groups in total. The first kappa shape index (κ1) is 13.6. The molecule has 0 aliphatic carbocycles. The first-order valence-corrected chi connectivity index (χ1v) is 6.10. The fourth-order valence-corrected chi connectivity index (χ4v) is 1.52. The van der Waals surface area contributed by atoms with Crippen LogP contribution in [0.15, 0.2) is 12.7 Å². The third-order valence-corrected chi connectivity index (χ3v) is 2.19. The molecule has 0 unspecified atom stereocenters. The molecule has 0 rings (SSSR count). The van der Waals surface area contributed by atoms with E-state index in [2.05, 4.69) is 6.58 Å². The van der Waals surface area contributed by atoms with Gasteiger partial charge in [-0.25, -0.2) is 8.42 Å². The number of carboxylic acids is 1. The first-order chi connectivity index (χ1) is 6.76. The van der Waals surface area contributed by atoms with Crippen molar-refractivity contribution in [3.05, 3.63) is 12.7 Å². The molecule has 1 amide bonds. The molecule has 0 aliphatic rings. The summed E-state index contributed by atoms with van der Waals surface area (Å²) >= 11 is 0.